The summed E-state index contributed by atoms with van der Waals surface area (Å²) < 4.78 is 13.7. The Morgan fingerprint density at radius 2 is 1.11 bits per heavy atom. The van der Waals surface area contributed by atoms with Gasteiger partial charge in [-0.25, -0.2) is 0 Å². The number of carbonyl (C=O) groups is 2. The van der Waals surface area contributed by atoms with Gasteiger partial charge in [0.05, 0.1) is 0 Å². The Morgan fingerprint density at radius 3 is 1.47 bits per heavy atom. The van der Waals surface area contributed by atoms with Crippen LogP contribution >= 0.6 is 0 Å². The first-order chi connectivity index (χ1) is 21.1. The van der Waals surface area contributed by atoms with Gasteiger partial charge in [-0.15, -0.1) is 0 Å². The molecule has 2 aliphatic heterocycles. The summed E-state index contributed by atoms with van der Waals surface area (Å²) in [6.07, 6.45) is 7.41. The molecule has 45 heavy (non-hydrogen) atoms. The van der Waals surface area contributed by atoms with E-state index in [0.29, 0.717) is 12.8 Å². The molecule has 2 aromatic rings. The van der Waals surface area contributed by atoms with Crippen molar-refractivity contribution in [3.05, 3.63) is 67.8 Å². The van der Waals surface area contributed by atoms with Gasteiger partial charge in [0, 0.05) is 0 Å². The quantitative estimate of drug-likeness (QED) is 0.0638. The summed E-state index contributed by atoms with van der Waals surface area (Å²) in [5.41, 5.74) is 25.6. The minimum absolute atomic E-state index is 0.133. The van der Waals surface area contributed by atoms with Crippen molar-refractivity contribution in [1.82, 2.24) is 0 Å². The van der Waals surface area contributed by atoms with Crippen molar-refractivity contribution in [2.24, 2.45) is 45.6 Å². The molecule has 250 valence electrons. The standard InChI is InChI=1S/C35H50I2N4O4/c1-7-19-33(6,10-4)35(40,41)27-21-29(45-31(27)43)37-25-17-13-23(14-18-25)22-11-15-24(16-12-22)36-28-20-26(30(42)44-28)34(38,39)32(5,8-2)9-3/h7,11-19,26-29H,8-10,20-21,38-41H2,1-6H3/q-2/b19-7-. The van der Waals surface area contributed by atoms with Crippen molar-refractivity contribution < 1.29 is 61.5 Å². The van der Waals surface area contributed by atoms with Gasteiger partial charge in [-0.1, -0.05) is 0 Å². The van der Waals surface area contributed by atoms with Crippen molar-refractivity contribution in [2.45, 2.75) is 93.2 Å². The number of alkyl halides is 2. The van der Waals surface area contributed by atoms with Crippen LogP contribution in [0.1, 0.15) is 73.6 Å². The van der Waals surface area contributed by atoms with Crippen molar-refractivity contribution in [3.63, 3.8) is 0 Å². The van der Waals surface area contributed by atoms with Gasteiger partial charge in [-0.05, 0) is 0 Å². The number of ether oxygens (including phenoxy) is 2. The molecule has 0 bridgehead atoms. The SMILES string of the molecule is C/C=C\C(C)(CC)C(N)(N)C1CC([I-]c2ccc(-c3ccc([I-]C4CC(C(N)(N)C(C)(CC)CC)C(=O)O4)cc3)cc2)OC1=O. The minimum atomic E-state index is -1.19. The number of nitrogens with two attached hydrogens (primary N) is 4. The Morgan fingerprint density at radius 1 is 0.711 bits per heavy atom. The van der Waals surface area contributed by atoms with Crippen LogP contribution in [0.2, 0.25) is 0 Å². The fourth-order valence-electron chi connectivity index (χ4n) is 6.32. The second-order valence-corrected chi connectivity index (χ2v) is 19.4. The van der Waals surface area contributed by atoms with E-state index in [1.807, 2.05) is 32.9 Å². The van der Waals surface area contributed by atoms with Crippen LogP contribution in [0, 0.1) is 29.8 Å². The van der Waals surface area contributed by atoms with Crippen molar-refractivity contribution in [3.8, 4) is 11.1 Å². The Labute approximate surface area is 289 Å². The monoisotopic (exact) mass is 844 g/mol. The molecule has 10 heteroatoms. The normalized spacial score (nSPS) is 24.3. The molecule has 8 N–H and O–H groups in total. The van der Waals surface area contributed by atoms with Gasteiger partial charge in [0.1, 0.15) is 0 Å². The zero-order valence-electron chi connectivity index (χ0n) is 27.3. The fraction of sp³-hybridized carbons (Fsp3) is 0.543. The molecule has 0 radical (unpaired) electrons. The molecular weight excluding hydrogens is 794 g/mol. The van der Waals surface area contributed by atoms with Gasteiger partial charge >= 0.3 is 291 Å². The third-order valence-electron chi connectivity index (χ3n) is 10.4. The molecule has 4 rings (SSSR count). The molecule has 2 aromatic carbocycles. The first kappa shape index (κ1) is 36.3. The number of cyclic esters (lactones) is 2. The van der Waals surface area contributed by atoms with Crippen molar-refractivity contribution >= 4 is 11.9 Å². The molecule has 0 aliphatic carbocycles. The first-order valence-corrected chi connectivity index (χ1v) is 20.5. The molecule has 2 heterocycles. The number of allylic oxidation sites excluding steroid dienone is 1. The summed E-state index contributed by atoms with van der Waals surface area (Å²) in [5.74, 6) is -1.58. The average Bonchev–Trinajstić information content (AvgIpc) is 3.58. The zero-order valence-corrected chi connectivity index (χ0v) is 31.6. The summed E-state index contributed by atoms with van der Waals surface area (Å²) in [6.45, 7) is 12.2. The molecule has 0 amide bonds. The van der Waals surface area contributed by atoms with Gasteiger partial charge in [0.25, 0.3) is 0 Å². The predicted molar refractivity (Wildman–Crippen MR) is 169 cm³/mol. The Bertz CT molecular complexity index is 1380. The maximum absolute atomic E-state index is 12.9. The van der Waals surface area contributed by atoms with Crippen LogP contribution in [0.25, 0.3) is 11.1 Å². The van der Waals surface area contributed by atoms with Gasteiger partial charge in [0.2, 0.25) is 0 Å². The molecule has 8 nitrogen and oxygen atoms in total. The molecule has 2 saturated heterocycles. The van der Waals surface area contributed by atoms with E-state index in [1.165, 1.54) is 7.14 Å². The fourth-order valence-corrected chi connectivity index (χ4v) is 11.8. The van der Waals surface area contributed by atoms with E-state index in [1.54, 1.807) is 0 Å². The van der Waals surface area contributed by atoms with Crippen LogP contribution < -0.4 is 65.3 Å². The van der Waals surface area contributed by atoms with E-state index >= 15 is 0 Å². The predicted octanol–water partition coefficient (Wildman–Crippen LogP) is -1.30. The van der Waals surface area contributed by atoms with E-state index in [0.717, 1.165) is 30.4 Å². The van der Waals surface area contributed by atoms with E-state index in [-0.39, 0.29) is 25.6 Å². The third kappa shape index (κ3) is 7.30. The van der Waals surface area contributed by atoms with Crippen LogP contribution in [-0.2, 0) is 19.1 Å². The number of hydrogen-bond donors (Lipinski definition) is 4. The molecule has 2 aliphatic rings. The topological polar surface area (TPSA) is 157 Å². The van der Waals surface area contributed by atoms with Crippen molar-refractivity contribution in [1.29, 1.82) is 0 Å². The zero-order chi connectivity index (χ0) is 33.2. The van der Waals surface area contributed by atoms with Crippen LogP contribution in [0.15, 0.2) is 60.7 Å². The summed E-state index contributed by atoms with van der Waals surface area (Å²) in [7, 11) is 0. The maximum atomic E-state index is 12.9. The van der Waals surface area contributed by atoms with Gasteiger partial charge in [0.15, 0.2) is 0 Å². The van der Waals surface area contributed by atoms with Crippen LogP contribution in [0.5, 0.6) is 0 Å². The second kappa shape index (κ2) is 14.3. The molecule has 0 saturated carbocycles. The molecule has 0 spiro atoms. The Balaban J connectivity index is 1.36. The molecular formula is C35H50I2N4O4-2. The summed E-state index contributed by atoms with van der Waals surface area (Å²) in [5, 5.41) is 0. The van der Waals surface area contributed by atoms with Crippen LogP contribution in [0.3, 0.4) is 0 Å². The average molecular weight is 845 g/mol. The van der Waals surface area contributed by atoms with Crippen LogP contribution in [-0.4, -0.2) is 31.5 Å². The van der Waals surface area contributed by atoms with Crippen LogP contribution in [0.4, 0.5) is 0 Å². The number of esters is 2. The third-order valence-corrected chi connectivity index (χ3v) is 16.2. The summed E-state index contributed by atoms with van der Waals surface area (Å²) in [4.78, 5) is 25.7. The van der Waals surface area contributed by atoms with Gasteiger partial charge in [-0.3, -0.25) is 0 Å². The van der Waals surface area contributed by atoms with E-state index in [2.05, 4.69) is 69.3 Å². The van der Waals surface area contributed by atoms with E-state index < -0.39 is 71.0 Å². The first-order valence-electron chi connectivity index (χ1n) is 15.8. The summed E-state index contributed by atoms with van der Waals surface area (Å²) in [6, 6.07) is 17.0. The Kier molecular flexibility index (Phi) is 11.5. The molecule has 2 fully saturated rings. The van der Waals surface area contributed by atoms with Gasteiger partial charge in [-0.2, -0.15) is 0 Å². The van der Waals surface area contributed by atoms with E-state index in [9.17, 15) is 9.59 Å². The number of halogens is 2. The number of benzene rings is 2. The number of hydrogen-bond acceptors (Lipinski definition) is 8. The number of carbonyl (C=O) groups excluding carboxylic acids is 2. The second-order valence-electron chi connectivity index (χ2n) is 12.9. The van der Waals surface area contributed by atoms with Gasteiger partial charge < -0.3 is 0 Å². The summed E-state index contributed by atoms with van der Waals surface area (Å²) >= 11 is -1.14. The number of rotatable bonds is 13. The Hall–Kier alpha value is -1.58. The van der Waals surface area contributed by atoms with Crippen molar-refractivity contribution in [2.75, 3.05) is 0 Å². The molecule has 5 unspecified atom stereocenters. The molecule has 5 atom stereocenters. The van der Waals surface area contributed by atoms with E-state index in [4.69, 9.17) is 32.4 Å². The molecule has 0 aromatic heterocycles.